The summed E-state index contributed by atoms with van der Waals surface area (Å²) in [6.45, 7) is 9.89. The maximum absolute atomic E-state index is 12.4. The molecule has 1 fully saturated rings. The predicted octanol–water partition coefficient (Wildman–Crippen LogP) is 4.32. The fraction of sp³-hybridized carbons (Fsp3) is 0.500. The molecule has 0 bridgehead atoms. The number of nitrogens with two attached hydrogens (primary N) is 1. The molecule has 2 aliphatic rings. The summed E-state index contributed by atoms with van der Waals surface area (Å²) in [6, 6.07) is 3.09. The number of aromatic nitrogens is 2. The zero-order valence-electron chi connectivity index (χ0n) is 20.7. The van der Waals surface area contributed by atoms with E-state index in [1.807, 2.05) is 27.7 Å². The smallest absolute Gasteiger partial charge is 0.410 e. The second-order valence-electron chi connectivity index (χ2n) is 9.87. The van der Waals surface area contributed by atoms with Crippen molar-refractivity contribution in [1.29, 1.82) is 0 Å². The normalized spacial score (nSPS) is 15.4. The van der Waals surface area contributed by atoms with Gasteiger partial charge in [0.1, 0.15) is 11.4 Å². The summed E-state index contributed by atoms with van der Waals surface area (Å²) >= 11 is 12.9. The largest absolute Gasteiger partial charge is 0.492 e. The Morgan fingerprint density at radius 1 is 1.17 bits per heavy atom. The summed E-state index contributed by atoms with van der Waals surface area (Å²) in [7, 11) is 0. The van der Waals surface area contributed by atoms with E-state index in [-0.39, 0.29) is 24.0 Å². The number of nitrogens with one attached hydrogen (secondary N) is 1. The summed E-state index contributed by atoms with van der Waals surface area (Å²) in [5.74, 6) is 0.642. The molecule has 0 spiro atoms. The number of halogens is 2. The predicted molar refractivity (Wildman–Crippen MR) is 137 cm³/mol. The Kier molecular flexibility index (Phi) is 7.38. The third-order valence-electron chi connectivity index (χ3n) is 5.75. The number of carbonyl (C=O) groups is 2. The lowest BCUT2D eigenvalue weighted by molar-refractivity contribution is -0.00778. The number of hydrogen-bond acceptors (Lipinski definition) is 7. The molecule has 0 atom stereocenters. The second kappa shape index (κ2) is 10.2. The first kappa shape index (κ1) is 26.1. The number of amides is 3. The number of rotatable bonds is 5. The minimum Gasteiger partial charge on any atom is -0.492 e. The first-order valence-corrected chi connectivity index (χ1v) is 12.5. The highest BCUT2D eigenvalue weighted by Gasteiger charge is 2.35. The van der Waals surface area contributed by atoms with Crippen molar-refractivity contribution in [1.82, 2.24) is 25.1 Å². The van der Waals surface area contributed by atoms with E-state index in [1.165, 1.54) is 0 Å². The fourth-order valence-corrected chi connectivity index (χ4v) is 4.70. The van der Waals surface area contributed by atoms with Crippen LogP contribution in [0.5, 0.6) is 5.75 Å². The van der Waals surface area contributed by atoms with E-state index in [0.717, 1.165) is 5.56 Å². The summed E-state index contributed by atoms with van der Waals surface area (Å²) in [4.78, 5) is 36.7. The molecule has 1 aromatic heterocycles. The lowest BCUT2D eigenvalue weighted by Gasteiger charge is -2.39. The average Bonchev–Trinajstić information content (AvgIpc) is 3.15. The number of likely N-dealkylation sites (tertiary alicyclic amines) is 1. The summed E-state index contributed by atoms with van der Waals surface area (Å²) in [5.41, 5.74) is 7.93. The highest BCUT2D eigenvalue weighted by molar-refractivity contribution is 6.37. The Labute approximate surface area is 220 Å². The van der Waals surface area contributed by atoms with Crippen molar-refractivity contribution >= 4 is 41.3 Å². The van der Waals surface area contributed by atoms with Crippen molar-refractivity contribution in [2.75, 3.05) is 32.0 Å². The SMILES string of the molecule is CCNC(=O)N1Cc2nc(N)nc(-c3c(Cl)cc(Cl)cc3OCC3CN(C(=O)OC(C)(C)C)C3)c2C1. The molecule has 0 unspecified atom stereocenters. The molecule has 10 nitrogen and oxygen atoms in total. The van der Waals surface area contributed by atoms with Gasteiger partial charge in [-0.05, 0) is 39.8 Å². The van der Waals surface area contributed by atoms with E-state index in [0.29, 0.717) is 72.1 Å². The van der Waals surface area contributed by atoms with Crippen LogP contribution in [0.15, 0.2) is 12.1 Å². The molecule has 2 aromatic rings. The molecule has 12 heteroatoms. The van der Waals surface area contributed by atoms with Crippen molar-refractivity contribution in [3.63, 3.8) is 0 Å². The molecule has 0 aliphatic carbocycles. The monoisotopic (exact) mass is 536 g/mol. The van der Waals surface area contributed by atoms with Crippen LogP contribution in [0, 0.1) is 5.92 Å². The van der Waals surface area contributed by atoms with Gasteiger partial charge >= 0.3 is 12.1 Å². The van der Waals surface area contributed by atoms with Crippen LogP contribution in [0.2, 0.25) is 10.0 Å². The van der Waals surface area contributed by atoms with Gasteiger partial charge in [-0.15, -0.1) is 0 Å². The number of fused-ring (bicyclic) bond motifs is 1. The summed E-state index contributed by atoms with van der Waals surface area (Å²) in [6.07, 6.45) is -0.339. The molecular weight excluding hydrogens is 507 g/mol. The lowest BCUT2D eigenvalue weighted by atomic mass is 10.0. The Bertz CT molecular complexity index is 1180. The number of benzene rings is 1. The van der Waals surface area contributed by atoms with Crippen LogP contribution in [0.3, 0.4) is 0 Å². The third kappa shape index (κ3) is 5.70. The van der Waals surface area contributed by atoms with Gasteiger partial charge < -0.3 is 30.3 Å². The molecule has 36 heavy (non-hydrogen) atoms. The number of ether oxygens (including phenoxy) is 2. The maximum Gasteiger partial charge on any atom is 0.410 e. The fourth-order valence-electron chi connectivity index (χ4n) is 4.14. The Morgan fingerprint density at radius 2 is 1.89 bits per heavy atom. The van der Waals surface area contributed by atoms with Crippen LogP contribution >= 0.6 is 23.2 Å². The van der Waals surface area contributed by atoms with Crippen LogP contribution in [0.4, 0.5) is 15.5 Å². The molecule has 3 amide bonds. The molecule has 2 aliphatic heterocycles. The third-order valence-corrected chi connectivity index (χ3v) is 6.27. The molecule has 0 radical (unpaired) electrons. The van der Waals surface area contributed by atoms with Gasteiger partial charge in [-0.2, -0.15) is 0 Å². The average molecular weight is 537 g/mol. The molecule has 194 valence electrons. The van der Waals surface area contributed by atoms with Gasteiger partial charge in [0.25, 0.3) is 0 Å². The summed E-state index contributed by atoms with van der Waals surface area (Å²) in [5, 5.41) is 3.55. The van der Waals surface area contributed by atoms with Gasteiger partial charge in [-0.25, -0.2) is 19.6 Å². The Balaban J connectivity index is 1.54. The zero-order chi connectivity index (χ0) is 26.2. The number of urea groups is 1. The minimum absolute atomic E-state index is 0.0745. The molecular formula is C24H30Cl2N6O4. The standard InChI is InChI=1S/C24H30Cl2N6O4/c1-5-28-22(33)31-10-15-17(11-31)29-21(27)30-20(15)19-16(26)6-14(25)7-18(19)35-12-13-8-32(9-13)23(34)36-24(2,3)4/h6-7,13H,5,8-12H2,1-4H3,(H,28,33)(H2,27,29,30). The molecule has 1 saturated heterocycles. The van der Waals surface area contributed by atoms with Crippen LogP contribution in [-0.4, -0.2) is 63.7 Å². The highest BCUT2D eigenvalue weighted by Crippen LogP contribution is 2.42. The second-order valence-corrected chi connectivity index (χ2v) is 10.7. The van der Waals surface area contributed by atoms with Crippen LogP contribution in [-0.2, 0) is 17.8 Å². The van der Waals surface area contributed by atoms with Gasteiger partial charge in [0.2, 0.25) is 5.95 Å². The maximum atomic E-state index is 12.4. The van der Waals surface area contributed by atoms with Gasteiger partial charge in [-0.3, -0.25) is 0 Å². The van der Waals surface area contributed by atoms with Crippen molar-refractivity contribution in [2.24, 2.45) is 5.92 Å². The van der Waals surface area contributed by atoms with E-state index in [4.69, 9.17) is 38.4 Å². The summed E-state index contributed by atoms with van der Waals surface area (Å²) < 4.78 is 11.6. The minimum atomic E-state index is -0.544. The van der Waals surface area contributed by atoms with Gasteiger partial charge in [0.05, 0.1) is 41.7 Å². The number of anilines is 1. The highest BCUT2D eigenvalue weighted by atomic mass is 35.5. The van der Waals surface area contributed by atoms with Crippen molar-refractivity contribution in [3.05, 3.63) is 33.4 Å². The Hall–Kier alpha value is -2.98. The number of nitrogens with zero attached hydrogens (tertiary/aromatic N) is 4. The first-order chi connectivity index (χ1) is 16.9. The van der Waals surface area contributed by atoms with Gasteiger partial charge in [0, 0.05) is 36.1 Å². The zero-order valence-corrected chi connectivity index (χ0v) is 22.2. The van der Waals surface area contributed by atoms with Gasteiger partial charge in [0.15, 0.2) is 0 Å². The topological polar surface area (TPSA) is 123 Å². The van der Waals surface area contributed by atoms with Crippen LogP contribution in [0.1, 0.15) is 39.0 Å². The quantitative estimate of drug-likeness (QED) is 0.582. The van der Waals surface area contributed by atoms with Crippen LogP contribution in [0.25, 0.3) is 11.3 Å². The first-order valence-electron chi connectivity index (χ1n) is 11.7. The molecule has 3 N–H and O–H groups in total. The van der Waals surface area contributed by atoms with Crippen molar-refractivity contribution < 1.29 is 19.1 Å². The molecule has 3 heterocycles. The van der Waals surface area contributed by atoms with Gasteiger partial charge in [-0.1, -0.05) is 23.2 Å². The lowest BCUT2D eigenvalue weighted by Crippen LogP contribution is -2.53. The molecule has 4 rings (SSSR count). The number of nitrogen functional groups attached to an aromatic ring is 1. The van der Waals surface area contributed by atoms with E-state index in [9.17, 15) is 9.59 Å². The van der Waals surface area contributed by atoms with E-state index in [2.05, 4.69) is 15.3 Å². The van der Waals surface area contributed by atoms with E-state index >= 15 is 0 Å². The van der Waals surface area contributed by atoms with E-state index in [1.54, 1.807) is 21.9 Å². The van der Waals surface area contributed by atoms with Crippen LogP contribution < -0.4 is 15.8 Å². The Morgan fingerprint density at radius 3 is 2.56 bits per heavy atom. The number of carbonyl (C=O) groups excluding carboxylic acids is 2. The van der Waals surface area contributed by atoms with Crippen molar-refractivity contribution in [3.8, 4) is 17.0 Å². The molecule has 0 saturated carbocycles. The van der Waals surface area contributed by atoms with E-state index < -0.39 is 5.60 Å². The number of hydrogen-bond donors (Lipinski definition) is 2. The molecule has 1 aromatic carbocycles. The van der Waals surface area contributed by atoms with Crippen molar-refractivity contribution in [2.45, 2.75) is 46.4 Å².